The van der Waals surface area contributed by atoms with Gasteiger partial charge >= 0.3 is 0 Å². The molecule has 1 aliphatic heterocycles. The maximum absolute atomic E-state index is 12.2. The lowest BCUT2D eigenvalue weighted by Crippen LogP contribution is -2.37. The minimum atomic E-state index is -0.0591. The third-order valence-corrected chi connectivity index (χ3v) is 5.25. The molecule has 1 aliphatic rings. The second-order valence-electron chi connectivity index (χ2n) is 8.34. The molecule has 1 saturated heterocycles. The molecule has 0 aromatic carbocycles. The Morgan fingerprint density at radius 2 is 1.85 bits per heavy atom. The Morgan fingerprint density at radius 3 is 2.59 bits per heavy atom. The van der Waals surface area contributed by atoms with Gasteiger partial charge in [-0.3, -0.25) is 4.79 Å². The Balaban J connectivity index is 1.43. The monoisotopic (exact) mass is 366 g/mol. The van der Waals surface area contributed by atoms with Crippen LogP contribution in [0, 0.1) is 5.92 Å². The highest BCUT2D eigenvalue weighted by atomic mass is 16.1. The summed E-state index contributed by atoms with van der Waals surface area (Å²) >= 11 is 0. The van der Waals surface area contributed by atoms with E-state index in [9.17, 15) is 4.79 Å². The van der Waals surface area contributed by atoms with Crippen LogP contribution in [-0.2, 0) is 12.0 Å². The first-order chi connectivity index (χ1) is 12.9. The average molecular weight is 366 g/mol. The first-order valence-corrected chi connectivity index (χ1v) is 9.54. The van der Waals surface area contributed by atoms with Crippen molar-refractivity contribution in [2.45, 2.75) is 45.6 Å². The molecular formula is C20H26N6O. The molecule has 0 radical (unpaired) electrons. The highest BCUT2D eigenvalue weighted by molar-refractivity contribution is 5.45. The van der Waals surface area contributed by atoms with E-state index in [1.165, 1.54) is 0 Å². The number of fused-ring (bicyclic) bond motifs is 1. The van der Waals surface area contributed by atoms with E-state index in [4.69, 9.17) is 0 Å². The standard InChI is InChI=1S/C20H26N6O/c1-20(2,3)16-4-7-19(27)26(22-16)14-15-8-11-24(12-9-15)18-6-5-17-21-10-13-25(17)23-18/h4-7,10,13,15H,8-9,11-12,14H2,1-3H3. The van der Waals surface area contributed by atoms with Crippen molar-refractivity contribution in [2.75, 3.05) is 18.0 Å². The van der Waals surface area contributed by atoms with Gasteiger partial charge in [-0.1, -0.05) is 20.8 Å². The lowest BCUT2D eigenvalue weighted by atomic mass is 9.92. The molecule has 0 bridgehead atoms. The number of aromatic nitrogens is 5. The Morgan fingerprint density at radius 1 is 1.07 bits per heavy atom. The summed E-state index contributed by atoms with van der Waals surface area (Å²) in [5, 5.41) is 9.24. The number of imidazole rings is 1. The first kappa shape index (κ1) is 17.7. The predicted molar refractivity (Wildman–Crippen MR) is 105 cm³/mol. The lowest BCUT2D eigenvalue weighted by molar-refractivity contribution is 0.329. The summed E-state index contributed by atoms with van der Waals surface area (Å²) in [4.78, 5) is 18.8. The van der Waals surface area contributed by atoms with E-state index in [-0.39, 0.29) is 11.0 Å². The number of anilines is 1. The van der Waals surface area contributed by atoms with Crippen molar-refractivity contribution >= 4 is 11.5 Å². The third-order valence-electron chi connectivity index (χ3n) is 5.25. The van der Waals surface area contributed by atoms with Gasteiger partial charge < -0.3 is 4.90 Å². The number of hydrogen-bond donors (Lipinski definition) is 0. The van der Waals surface area contributed by atoms with Gasteiger partial charge in [0, 0.05) is 43.5 Å². The zero-order chi connectivity index (χ0) is 19.0. The summed E-state index contributed by atoms with van der Waals surface area (Å²) in [5.41, 5.74) is 1.74. The Bertz CT molecular complexity index is 991. The van der Waals surface area contributed by atoms with Gasteiger partial charge in [0.1, 0.15) is 5.82 Å². The maximum Gasteiger partial charge on any atom is 0.266 e. The molecule has 27 heavy (non-hydrogen) atoms. The summed E-state index contributed by atoms with van der Waals surface area (Å²) in [6, 6.07) is 7.52. The quantitative estimate of drug-likeness (QED) is 0.712. The summed E-state index contributed by atoms with van der Waals surface area (Å²) in [5.74, 6) is 1.43. The summed E-state index contributed by atoms with van der Waals surface area (Å²) in [6.07, 6.45) is 5.68. The molecule has 4 heterocycles. The third kappa shape index (κ3) is 3.72. The molecule has 4 rings (SSSR count). The Kier molecular flexibility index (Phi) is 4.45. The smallest absolute Gasteiger partial charge is 0.266 e. The molecule has 7 nitrogen and oxygen atoms in total. The summed E-state index contributed by atoms with van der Waals surface area (Å²) in [7, 11) is 0. The molecule has 7 heteroatoms. The highest BCUT2D eigenvalue weighted by Crippen LogP contribution is 2.23. The molecule has 1 fully saturated rings. The van der Waals surface area contributed by atoms with Gasteiger partial charge in [0.2, 0.25) is 0 Å². The number of nitrogens with zero attached hydrogens (tertiary/aromatic N) is 6. The van der Waals surface area contributed by atoms with E-state index in [0.29, 0.717) is 12.5 Å². The van der Waals surface area contributed by atoms with Crippen molar-refractivity contribution < 1.29 is 0 Å². The van der Waals surface area contributed by atoms with Gasteiger partial charge in [-0.05, 0) is 37.0 Å². The van der Waals surface area contributed by atoms with Crippen molar-refractivity contribution in [1.82, 2.24) is 24.4 Å². The molecule has 0 unspecified atom stereocenters. The zero-order valence-corrected chi connectivity index (χ0v) is 16.2. The van der Waals surface area contributed by atoms with E-state index < -0.39 is 0 Å². The average Bonchev–Trinajstić information content (AvgIpc) is 3.11. The van der Waals surface area contributed by atoms with Crippen LogP contribution >= 0.6 is 0 Å². The van der Waals surface area contributed by atoms with Crippen molar-refractivity contribution in [3.8, 4) is 0 Å². The molecule has 142 valence electrons. The van der Waals surface area contributed by atoms with E-state index in [0.717, 1.165) is 43.1 Å². The highest BCUT2D eigenvalue weighted by Gasteiger charge is 2.23. The zero-order valence-electron chi connectivity index (χ0n) is 16.2. The Labute approximate surface area is 158 Å². The van der Waals surface area contributed by atoms with Crippen molar-refractivity contribution in [2.24, 2.45) is 5.92 Å². The summed E-state index contributed by atoms with van der Waals surface area (Å²) in [6.45, 7) is 8.91. The van der Waals surface area contributed by atoms with Crippen molar-refractivity contribution in [1.29, 1.82) is 0 Å². The number of hydrogen-bond acceptors (Lipinski definition) is 5. The topological polar surface area (TPSA) is 68.3 Å². The molecule has 0 amide bonds. The molecule has 3 aromatic heterocycles. The number of piperidine rings is 1. The summed E-state index contributed by atoms with van der Waals surface area (Å²) < 4.78 is 3.46. The molecule has 0 spiro atoms. The molecule has 0 N–H and O–H groups in total. The first-order valence-electron chi connectivity index (χ1n) is 9.54. The minimum absolute atomic E-state index is 0.0161. The molecule has 0 saturated carbocycles. The Hall–Kier alpha value is -2.70. The second-order valence-corrected chi connectivity index (χ2v) is 8.34. The fraction of sp³-hybridized carbons (Fsp3) is 0.500. The van der Waals surface area contributed by atoms with Crippen molar-refractivity contribution in [3.05, 3.63) is 52.7 Å². The van der Waals surface area contributed by atoms with Crippen LogP contribution in [0.3, 0.4) is 0 Å². The SMILES string of the molecule is CC(C)(C)c1ccc(=O)n(CC2CCN(c3ccc4nccn4n3)CC2)n1. The van der Waals surface area contributed by atoms with Gasteiger partial charge in [-0.15, -0.1) is 5.10 Å². The second kappa shape index (κ2) is 6.79. The van der Waals surface area contributed by atoms with Gasteiger partial charge in [0.15, 0.2) is 5.65 Å². The fourth-order valence-corrected chi connectivity index (χ4v) is 3.54. The van der Waals surface area contributed by atoms with E-state index >= 15 is 0 Å². The van der Waals surface area contributed by atoms with E-state index in [1.807, 2.05) is 28.9 Å². The van der Waals surface area contributed by atoms with Gasteiger partial charge in [-0.2, -0.15) is 5.10 Å². The van der Waals surface area contributed by atoms with Gasteiger partial charge in [0.05, 0.1) is 5.69 Å². The molecular weight excluding hydrogens is 340 g/mol. The van der Waals surface area contributed by atoms with Gasteiger partial charge in [0.25, 0.3) is 5.56 Å². The normalized spacial score (nSPS) is 16.2. The molecule has 0 atom stereocenters. The van der Waals surface area contributed by atoms with Gasteiger partial charge in [-0.25, -0.2) is 14.2 Å². The number of rotatable bonds is 3. The van der Waals surface area contributed by atoms with Crippen LogP contribution in [-0.4, -0.2) is 37.5 Å². The van der Waals surface area contributed by atoms with Crippen LogP contribution in [0.15, 0.2) is 41.5 Å². The van der Waals surface area contributed by atoms with Crippen molar-refractivity contribution in [3.63, 3.8) is 0 Å². The van der Waals surface area contributed by atoms with Crippen LogP contribution < -0.4 is 10.5 Å². The van der Waals surface area contributed by atoms with Crippen LogP contribution in [0.5, 0.6) is 0 Å². The van der Waals surface area contributed by atoms with E-state index in [2.05, 4.69) is 40.9 Å². The predicted octanol–water partition coefficient (Wildman–Crippen LogP) is 2.50. The van der Waals surface area contributed by atoms with Crippen LogP contribution in [0.4, 0.5) is 5.82 Å². The van der Waals surface area contributed by atoms with Crippen LogP contribution in [0.2, 0.25) is 0 Å². The lowest BCUT2D eigenvalue weighted by Gasteiger charge is -2.32. The molecule has 3 aromatic rings. The molecule has 0 aliphatic carbocycles. The fourth-order valence-electron chi connectivity index (χ4n) is 3.54. The largest absolute Gasteiger partial charge is 0.355 e. The minimum Gasteiger partial charge on any atom is -0.355 e. The van der Waals surface area contributed by atoms with Crippen LogP contribution in [0.1, 0.15) is 39.3 Å². The van der Waals surface area contributed by atoms with Crippen LogP contribution in [0.25, 0.3) is 5.65 Å². The van der Waals surface area contributed by atoms with E-state index in [1.54, 1.807) is 16.9 Å². The maximum atomic E-state index is 12.2.